The van der Waals surface area contributed by atoms with Crippen LogP contribution in [0.3, 0.4) is 0 Å². The van der Waals surface area contributed by atoms with Gasteiger partial charge < -0.3 is 4.90 Å². The number of carbonyl (C=O) groups is 1. The second-order valence-electron chi connectivity index (χ2n) is 5.55. The zero-order chi connectivity index (χ0) is 16.5. The molecule has 0 N–H and O–H groups in total. The Hall–Kier alpha value is -1.90. The lowest BCUT2D eigenvalue weighted by molar-refractivity contribution is -0.104. The van der Waals surface area contributed by atoms with E-state index in [1.807, 2.05) is 14.0 Å². The fourth-order valence-electron chi connectivity index (χ4n) is 2.34. The van der Waals surface area contributed by atoms with Crippen LogP contribution in [0.5, 0.6) is 0 Å². The van der Waals surface area contributed by atoms with Crippen molar-refractivity contribution in [3.8, 4) is 0 Å². The van der Waals surface area contributed by atoms with E-state index in [9.17, 15) is 4.79 Å². The fourth-order valence-corrected chi connectivity index (χ4v) is 2.34. The summed E-state index contributed by atoms with van der Waals surface area (Å²) in [4.78, 5) is 17.6. The molecule has 0 saturated carbocycles. The Morgan fingerprint density at radius 3 is 2.77 bits per heavy atom. The molecule has 0 heterocycles. The summed E-state index contributed by atoms with van der Waals surface area (Å²) in [5, 5.41) is 0. The highest BCUT2D eigenvalue weighted by atomic mass is 16.1. The molecule has 0 amide bonds. The summed E-state index contributed by atoms with van der Waals surface area (Å²) < 4.78 is 0. The fraction of sp³-hybridized carbons (Fsp3) is 0.474. The highest BCUT2D eigenvalue weighted by molar-refractivity contribution is 5.83. The van der Waals surface area contributed by atoms with Gasteiger partial charge in [-0.3, -0.25) is 4.79 Å². The average molecular weight is 300 g/mol. The summed E-state index contributed by atoms with van der Waals surface area (Å²) in [6, 6.07) is 0. The van der Waals surface area contributed by atoms with Crippen LogP contribution in [0.2, 0.25) is 0 Å². The van der Waals surface area contributed by atoms with Crippen LogP contribution < -0.4 is 0 Å². The van der Waals surface area contributed by atoms with Crippen LogP contribution in [-0.2, 0) is 4.79 Å². The average Bonchev–Trinajstić information content (AvgIpc) is 2.77. The maximum Gasteiger partial charge on any atom is 0.144 e. The summed E-state index contributed by atoms with van der Waals surface area (Å²) in [7, 11) is 2.03. The predicted molar refractivity (Wildman–Crippen MR) is 94.7 cm³/mol. The molecule has 0 spiro atoms. The van der Waals surface area contributed by atoms with E-state index in [-0.39, 0.29) is 5.92 Å². The smallest absolute Gasteiger partial charge is 0.144 e. The molecule has 3 heteroatoms. The number of aldehydes is 1. The molecule has 0 fully saturated rings. The maximum absolute atomic E-state index is 10.8. The van der Waals surface area contributed by atoms with E-state index in [1.165, 1.54) is 11.3 Å². The van der Waals surface area contributed by atoms with E-state index < -0.39 is 0 Å². The molecule has 0 bridgehead atoms. The van der Waals surface area contributed by atoms with Crippen LogP contribution >= 0.6 is 0 Å². The van der Waals surface area contributed by atoms with Crippen molar-refractivity contribution >= 4 is 12.1 Å². The second-order valence-corrected chi connectivity index (χ2v) is 5.55. The lowest BCUT2D eigenvalue weighted by atomic mass is 10.1. The Kier molecular flexibility index (Phi) is 7.58. The third-order valence-electron chi connectivity index (χ3n) is 4.09. The van der Waals surface area contributed by atoms with Gasteiger partial charge in [0.05, 0.1) is 0 Å². The molecule has 1 rings (SSSR count). The van der Waals surface area contributed by atoms with Gasteiger partial charge in [-0.15, -0.1) is 0 Å². The lowest BCUT2D eigenvalue weighted by Gasteiger charge is -2.24. The maximum atomic E-state index is 10.8. The number of carbonyl (C=O) groups excluding carboxylic acids is 1. The molecular formula is C19H28N2O. The first-order valence-corrected chi connectivity index (χ1v) is 8.05. The molecule has 1 atom stereocenters. The Morgan fingerprint density at radius 2 is 2.18 bits per heavy atom. The third kappa shape index (κ3) is 4.83. The van der Waals surface area contributed by atoms with Gasteiger partial charge in [-0.1, -0.05) is 39.0 Å². The topological polar surface area (TPSA) is 32.7 Å². The Labute approximate surface area is 134 Å². The van der Waals surface area contributed by atoms with E-state index >= 15 is 0 Å². The first-order valence-electron chi connectivity index (χ1n) is 8.05. The van der Waals surface area contributed by atoms with Gasteiger partial charge in [-0.05, 0) is 49.8 Å². The summed E-state index contributed by atoms with van der Waals surface area (Å²) in [6.07, 6.45) is 14.0. The first-order chi connectivity index (χ1) is 10.5. The predicted octanol–water partition coefficient (Wildman–Crippen LogP) is 4.65. The van der Waals surface area contributed by atoms with Gasteiger partial charge in [0.25, 0.3) is 0 Å². The SMILES string of the molecule is CCC1=CCC=CC=C1N(C)/C(C)=N\C(=C/C=O)C(C)CC. The van der Waals surface area contributed by atoms with Crippen molar-refractivity contribution < 1.29 is 4.79 Å². The number of hydrogen-bond acceptors (Lipinski definition) is 2. The van der Waals surface area contributed by atoms with Gasteiger partial charge in [0, 0.05) is 18.4 Å². The molecule has 120 valence electrons. The zero-order valence-electron chi connectivity index (χ0n) is 14.5. The van der Waals surface area contributed by atoms with Crippen LogP contribution in [-0.4, -0.2) is 24.1 Å². The molecule has 0 aliphatic heterocycles. The zero-order valence-corrected chi connectivity index (χ0v) is 14.5. The van der Waals surface area contributed by atoms with Crippen molar-refractivity contribution in [1.29, 1.82) is 0 Å². The Balaban J connectivity index is 3.09. The van der Waals surface area contributed by atoms with Crippen molar-refractivity contribution in [2.24, 2.45) is 10.9 Å². The van der Waals surface area contributed by atoms with Gasteiger partial charge in [-0.2, -0.15) is 0 Å². The van der Waals surface area contributed by atoms with Gasteiger partial charge in [0.15, 0.2) is 0 Å². The summed E-state index contributed by atoms with van der Waals surface area (Å²) in [5.41, 5.74) is 3.34. The molecule has 3 nitrogen and oxygen atoms in total. The van der Waals surface area contributed by atoms with Gasteiger partial charge in [0.1, 0.15) is 12.1 Å². The Bertz CT molecular complexity index is 536. The number of amidine groups is 1. The number of hydrogen-bond donors (Lipinski definition) is 0. The van der Waals surface area contributed by atoms with Crippen LogP contribution in [0.4, 0.5) is 0 Å². The van der Waals surface area contributed by atoms with E-state index in [1.54, 1.807) is 6.08 Å². The molecule has 0 aromatic carbocycles. The van der Waals surface area contributed by atoms with E-state index in [2.05, 4.69) is 50.0 Å². The Morgan fingerprint density at radius 1 is 1.45 bits per heavy atom. The molecule has 0 aromatic rings. The second kappa shape index (κ2) is 9.19. The van der Waals surface area contributed by atoms with Crippen LogP contribution in [0.25, 0.3) is 0 Å². The molecule has 0 radical (unpaired) electrons. The minimum Gasteiger partial charge on any atom is -0.333 e. The van der Waals surface area contributed by atoms with Crippen LogP contribution in [0, 0.1) is 5.92 Å². The van der Waals surface area contributed by atoms with Crippen molar-refractivity contribution in [2.75, 3.05) is 7.05 Å². The normalized spacial score (nSPS) is 17.5. The number of rotatable bonds is 6. The van der Waals surface area contributed by atoms with Gasteiger partial charge in [0.2, 0.25) is 0 Å². The minimum atomic E-state index is 0.276. The third-order valence-corrected chi connectivity index (χ3v) is 4.09. The first kappa shape index (κ1) is 18.1. The molecule has 0 aromatic heterocycles. The van der Waals surface area contributed by atoms with E-state index in [0.29, 0.717) is 0 Å². The molecule has 0 saturated heterocycles. The van der Waals surface area contributed by atoms with Crippen LogP contribution in [0.15, 0.2) is 52.3 Å². The van der Waals surface area contributed by atoms with Crippen molar-refractivity contribution in [2.45, 2.75) is 47.0 Å². The largest absolute Gasteiger partial charge is 0.333 e. The number of aliphatic imine (C=N–C) groups is 1. The highest BCUT2D eigenvalue weighted by Gasteiger charge is 2.13. The number of allylic oxidation sites excluding steroid dienone is 7. The standard InChI is InChI=1S/C19H28N2O/c1-6-15(3)18(13-14-22)20-16(4)21(5)19-12-10-8-9-11-17(19)7-2/h8,10-15H,6-7,9H2,1-5H3/b18-13-,20-16-. The monoisotopic (exact) mass is 300 g/mol. The summed E-state index contributed by atoms with van der Waals surface area (Å²) >= 11 is 0. The van der Waals surface area contributed by atoms with Gasteiger partial charge >= 0.3 is 0 Å². The molecule has 1 unspecified atom stereocenters. The molecule has 22 heavy (non-hydrogen) atoms. The molecule has 1 aliphatic carbocycles. The van der Waals surface area contributed by atoms with E-state index in [0.717, 1.165) is 37.1 Å². The molecule has 1 aliphatic rings. The quantitative estimate of drug-likeness (QED) is 0.310. The van der Waals surface area contributed by atoms with Crippen LogP contribution in [0.1, 0.15) is 47.0 Å². The van der Waals surface area contributed by atoms with Gasteiger partial charge in [-0.25, -0.2) is 4.99 Å². The summed E-state index contributed by atoms with van der Waals surface area (Å²) in [6.45, 7) is 8.36. The number of likely N-dealkylation sites (N-methyl/N-ethyl adjacent to an activating group) is 1. The highest BCUT2D eigenvalue weighted by Crippen LogP contribution is 2.22. The number of nitrogens with zero attached hydrogens (tertiary/aromatic N) is 2. The molecular weight excluding hydrogens is 272 g/mol. The van der Waals surface area contributed by atoms with Crippen molar-refractivity contribution in [3.05, 3.63) is 47.3 Å². The minimum absolute atomic E-state index is 0.276. The van der Waals surface area contributed by atoms with Crippen molar-refractivity contribution in [1.82, 2.24) is 4.90 Å². The van der Waals surface area contributed by atoms with Crippen molar-refractivity contribution in [3.63, 3.8) is 0 Å². The van der Waals surface area contributed by atoms with E-state index in [4.69, 9.17) is 4.99 Å². The summed E-state index contributed by atoms with van der Waals surface area (Å²) in [5.74, 6) is 1.17. The lowest BCUT2D eigenvalue weighted by Crippen LogP contribution is -2.25.